The molecule has 0 amide bonds. The van der Waals surface area contributed by atoms with Crippen LogP contribution in [0.1, 0.15) is 43.0 Å². The molecule has 2 aliphatic rings. The van der Waals surface area contributed by atoms with Gasteiger partial charge in [0.05, 0.1) is 6.10 Å². The fraction of sp³-hybridized carbons (Fsp3) is 0.733. The second-order valence-corrected chi connectivity index (χ2v) is 6.73. The molecule has 0 aromatic carbocycles. The number of nitrogens with one attached hydrogen (secondary N) is 1. The van der Waals surface area contributed by atoms with E-state index in [9.17, 15) is 0 Å². The van der Waals surface area contributed by atoms with Crippen LogP contribution in [-0.4, -0.2) is 18.8 Å². The Morgan fingerprint density at radius 3 is 2.89 bits per heavy atom. The third-order valence-corrected chi connectivity index (χ3v) is 5.94. The third kappa shape index (κ3) is 1.93. The molecule has 1 heterocycles. The Bertz CT molecular complexity index is 410. The van der Waals surface area contributed by atoms with E-state index in [4.69, 9.17) is 4.74 Å². The van der Waals surface area contributed by atoms with E-state index in [-0.39, 0.29) is 0 Å². The molecule has 0 saturated heterocycles. The Labute approximate surface area is 114 Å². The first-order valence-corrected chi connectivity index (χ1v) is 8.02. The molecular weight excluding hydrogens is 242 g/mol. The molecule has 18 heavy (non-hydrogen) atoms. The van der Waals surface area contributed by atoms with Crippen molar-refractivity contribution in [2.75, 3.05) is 6.61 Å². The van der Waals surface area contributed by atoms with Crippen LogP contribution in [0.15, 0.2) is 11.4 Å². The van der Waals surface area contributed by atoms with Crippen LogP contribution < -0.4 is 5.32 Å². The van der Waals surface area contributed by atoms with Crippen LogP contribution in [0.25, 0.3) is 0 Å². The highest BCUT2D eigenvalue weighted by molar-refractivity contribution is 7.10. The third-order valence-electron chi connectivity index (χ3n) is 4.91. The van der Waals surface area contributed by atoms with Gasteiger partial charge in [-0.05, 0) is 50.1 Å². The van der Waals surface area contributed by atoms with Gasteiger partial charge in [0, 0.05) is 29.5 Å². The van der Waals surface area contributed by atoms with Crippen molar-refractivity contribution in [3.8, 4) is 0 Å². The van der Waals surface area contributed by atoms with Crippen molar-refractivity contribution in [2.45, 2.75) is 58.2 Å². The van der Waals surface area contributed by atoms with Crippen molar-refractivity contribution in [2.24, 2.45) is 5.41 Å². The summed E-state index contributed by atoms with van der Waals surface area (Å²) in [7, 11) is 0. The van der Waals surface area contributed by atoms with Gasteiger partial charge in [0.1, 0.15) is 0 Å². The first-order chi connectivity index (χ1) is 8.76. The Morgan fingerprint density at radius 1 is 1.50 bits per heavy atom. The summed E-state index contributed by atoms with van der Waals surface area (Å²) < 4.78 is 5.89. The minimum atomic E-state index is 0.487. The van der Waals surface area contributed by atoms with Crippen molar-refractivity contribution in [1.29, 1.82) is 0 Å². The van der Waals surface area contributed by atoms with Crippen molar-refractivity contribution in [1.82, 2.24) is 5.32 Å². The fourth-order valence-corrected chi connectivity index (χ4v) is 4.38. The Hall–Kier alpha value is -0.380. The maximum absolute atomic E-state index is 5.89. The summed E-state index contributed by atoms with van der Waals surface area (Å²) in [5.74, 6) is 0. The van der Waals surface area contributed by atoms with E-state index in [1.165, 1.54) is 36.1 Å². The molecule has 3 rings (SSSR count). The van der Waals surface area contributed by atoms with Gasteiger partial charge in [-0.2, -0.15) is 0 Å². The lowest BCUT2D eigenvalue weighted by atomic mass is 9.51. The zero-order valence-electron chi connectivity index (χ0n) is 11.4. The summed E-state index contributed by atoms with van der Waals surface area (Å²) in [6, 6.07) is 2.90. The van der Waals surface area contributed by atoms with Gasteiger partial charge in [-0.1, -0.05) is 6.42 Å². The molecule has 0 aliphatic heterocycles. The average molecular weight is 265 g/mol. The van der Waals surface area contributed by atoms with Gasteiger partial charge in [0.25, 0.3) is 0 Å². The average Bonchev–Trinajstić information content (AvgIpc) is 2.66. The molecule has 2 atom stereocenters. The van der Waals surface area contributed by atoms with Gasteiger partial charge < -0.3 is 10.1 Å². The number of hydrogen-bond acceptors (Lipinski definition) is 3. The number of ether oxygens (including phenoxy) is 1. The van der Waals surface area contributed by atoms with Crippen LogP contribution >= 0.6 is 11.3 Å². The van der Waals surface area contributed by atoms with E-state index in [1.54, 1.807) is 0 Å². The van der Waals surface area contributed by atoms with E-state index in [1.807, 2.05) is 11.3 Å². The fourth-order valence-electron chi connectivity index (χ4n) is 3.53. The molecule has 2 aliphatic carbocycles. The van der Waals surface area contributed by atoms with Crippen molar-refractivity contribution in [3.05, 3.63) is 21.9 Å². The van der Waals surface area contributed by atoms with Crippen LogP contribution in [0.3, 0.4) is 0 Å². The molecule has 3 heteroatoms. The second kappa shape index (κ2) is 4.95. The summed E-state index contributed by atoms with van der Waals surface area (Å²) in [4.78, 5) is 1.49. The van der Waals surface area contributed by atoms with E-state index < -0.39 is 0 Å². The highest BCUT2D eigenvalue weighted by Crippen LogP contribution is 2.57. The summed E-state index contributed by atoms with van der Waals surface area (Å²) >= 11 is 1.87. The highest BCUT2D eigenvalue weighted by Gasteiger charge is 2.58. The molecule has 2 unspecified atom stereocenters. The monoisotopic (exact) mass is 265 g/mol. The molecule has 2 nitrogen and oxygen atoms in total. The van der Waals surface area contributed by atoms with Gasteiger partial charge in [0.2, 0.25) is 0 Å². The van der Waals surface area contributed by atoms with Crippen LogP contribution in [0, 0.1) is 12.3 Å². The first-order valence-electron chi connectivity index (χ1n) is 7.14. The van der Waals surface area contributed by atoms with E-state index >= 15 is 0 Å². The molecule has 1 N–H and O–H groups in total. The standard InChI is InChI=1S/C15H23NOS/c1-3-17-14-9-13(15(14)6-4-7-15)16-10-12-11(2)5-8-18-12/h5,8,13-14,16H,3-4,6-7,9-10H2,1-2H3. The number of aryl methyl sites for hydroxylation is 1. The largest absolute Gasteiger partial charge is 0.378 e. The Balaban J connectivity index is 1.57. The highest BCUT2D eigenvalue weighted by atomic mass is 32.1. The lowest BCUT2D eigenvalue weighted by molar-refractivity contribution is -0.173. The maximum Gasteiger partial charge on any atom is 0.0661 e. The SMILES string of the molecule is CCOC1CC(NCc2sccc2C)C12CCC2. The molecular formula is C15H23NOS. The number of thiophene rings is 1. The lowest BCUT2D eigenvalue weighted by Crippen LogP contribution is -2.66. The molecule has 1 spiro atoms. The van der Waals surface area contributed by atoms with Gasteiger partial charge in [-0.15, -0.1) is 11.3 Å². The molecule has 2 fully saturated rings. The predicted octanol–water partition coefficient (Wildman–Crippen LogP) is 3.49. The molecule has 1 aromatic heterocycles. The summed E-state index contributed by atoms with van der Waals surface area (Å²) in [6.07, 6.45) is 5.84. The Kier molecular flexibility index (Phi) is 3.48. The first kappa shape index (κ1) is 12.6. The summed E-state index contributed by atoms with van der Waals surface area (Å²) in [5.41, 5.74) is 1.91. The lowest BCUT2D eigenvalue weighted by Gasteiger charge is -2.61. The topological polar surface area (TPSA) is 21.3 Å². The van der Waals surface area contributed by atoms with Crippen molar-refractivity contribution in [3.63, 3.8) is 0 Å². The van der Waals surface area contributed by atoms with Crippen LogP contribution in [-0.2, 0) is 11.3 Å². The van der Waals surface area contributed by atoms with Gasteiger partial charge >= 0.3 is 0 Å². The number of rotatable bonds is 5. The molecule has 2 saturated carbocycles. The smallest absolute Gasteiger partial charge is 0.0661 e. The Morgan fingerprint density at radius 2 is 2.33 bits per heavy atom. The van der Waals surface area contributed by atoms with E-state index in [2.05, 4.69) is 30.6 Å². The molecule has 0 radical (unpaired) electrons. The van der Waals surface area contributed by atoms with Gasteiger partial charge in [0.15, 0.2) is 0 Å². The van der Waals surface area contributed by atoms with Crippen LogP contribution in [0.4, 0.5) is 0 Å². The van der Waals surface area contributed by atoms with Crippen molar-refractivity contribution >= 4 is 11.3 Å². The zero-order chi connectivity index (χ0) is 12.6. The predicted molar refractivity (Wildman–Crippen MR) is 76.0 cm³/mol. The van der Waals surface area contributed by atoms with E-state index in [0.717, 1.165) is 13.2 Å². The van der Waals surface area contributed by atoms with Crippen LogP contribution in [0.5, 0.6) is 0 Å². The van der Waals surface area contributed by atoms with Gasteiger partial charge in [-0.25, -0.2) is 0 Å². The summed E-state index contributed by atoms with van der Waals surface area (Å²) in [6.45, 7) is 6.22. The van der Waals surface area contributed by atoms with Crippen molar-refractivity contribution < 1.29 is 4.74 Å². The maximum atomic E-state index is 5.89. The second-order valence-electron chi connectivity index (χ2n) is 5.73. The summed E-state index contributed by atoms with van der Waals surface area (Å²) in [5, 5.41) is 5.96. The minimum Gasteiger partial charge on any atom is -0.378 e. The molecule has 1 aromatic rings. The molecule has 0 bridgehead atoms. The number of hydrogen-bond donors (Lipinski definition) is 1. The molecule has 100 valence electrons. The minimum absolute atomic E-state index is 0.487. The zero-order valence-corrected chi connectivity index (χ0v) is 12.2. The van der Waals surface area contributed by atoms with Gasteiger partial charge in [-0.3, -0.25) is 0 Å². The quantitative estimate of drug-likeness (QED) is 0.880. The van der Waals surface area contributed by atoms with Crippen LogP contribution in [0.2, 0.25) is 0 Å². The normalized spacial score (nSPS) is 29.0. The van der Waals surface area contributed by atoms with E-state index in [0.29, 0.717) is 17.6 Å².